The molecule has 1 N–H and O–H groups in total. The maximum Gasteiger partial charge on any atom is 0.230 e. The van der Waals surface area contributed by atoms with Crippen molar-refractivity contribution >= 4 is 32.8 Å². The SMILES string of the molecule is CC(C)(C)c1ccc(O)c(-c2nc3c(-c4[c-]c(-c5cc(C(C)(C)C)cc6c(-c7ccccn7)ccnc56)ccc4)cc(-c4cccc5ccccc45)cc3o2)c1.[Pt]. The molecule has 3 aromatic heterocycles. The Bertz CT molecular complexity index is 2950. The predicted octanol–water partition coefficient (Wildman–Crippen LogP) is 13.4. The summed E-state index contributed by atoms with van der Waals surface area (Å²) in [6.07, 6.45) is 3.70. The quantitative estimate of drug-likeness (QED) is 0.174. The molecule has 0 atom stereocenters. The first-order chi connectivity index (χ1) is 26.9. The van der Waals surface area contributed by atoms with E-state index in [-0.39, 0.29) is 37.6 Å². The molecule has 6 heteroatoms. The Morgan fingerprint density at radius 1 is 0.544 bits per heavy atom. The third-order valence-corrected chi connectivity index (χ3v) is 10.7. The Hall–Kier alpha value is -5.90. The number of nitrogens with zero attached hydrogens (tertiary/aromatic N) is 3. The summed E-state index contributed by atoms with van der Waals surface area (Å²) >= 11 is 0. The molecule has 57 heavy (non-hydrogen) atoms. The molecule has 0 radical (unpaired) electrons. The minimum atomic E-state index is -0.127. The van der Waals surface area contributed by atoms with Gasteiger partial charge >= 0.3 is 0 Å². The number of aromatic hydroxyl groups is 1. The Morgan fingerprint density at radius 2 is 1.25 bits per heavy atom. The Balaban J connectivity index is 0.00000455. The number of oxazole rings is 1. The molecule has 6 aromatic carbocycles. The third kappa shape index (κ3) is 7.06. The molecule has 0 aliphatic rings. The summed E-state index contributed by atoms with van der Waals surface area (Å²) in [5.74, 6) is 0.489. The summed E-state index contributed by atoms with van der Waals surface area (Å²) in [5, 5.41) is 14.5. The van der Waals surface area contributed by atoms with Gasteiger partial charge in [0.15, 0.2) is 0 Å². The molecule has 0 bridgehead atoms. The van der Waals surface area contributed by atoms with Crippen LogP contribution in [0, 0.1) is 6.07 Å². The summed E-state index contributed by atoms with van der Waals surface area (Å²) in [5.41, 5.74) is 12.5. The van der Waals surface area contributed by atoms with E-state index in [0.717, 1.165) is 71.9 Å². The zero-order valence-electron chi connectivity index (χ0n) is 32.8. The molecule has 284 valence electrons. The third-order valence-electron chi connectivity index (χ3n) is 10.7. The van der Waals surface area contributed by atoms with E-state index in [1.54, 1.807) is 6.07 Å². The summed E-state index contributed by atoms with van der Waals surface area (Å²) in [7, 11) is 0. The van der Waals surface area contributed by atoms with Crippen LogP contribution in [0.3, 0.4) is 0 Å². The molecular formula is C51H42N3O2Pt-. The van der Waals surface area contributed by atoms with Gasteiger partial charge in [-0.25, -0.2) is 4.98 Å². The van der Waals surface area contributed by atoms with E-state index >= 15 is 0 Å². The van der Waals surface area contributed by atoms with Crippen LogP contribution in [0.1, 0.15) is 52.7 Å². The van der Waals surface area contributed by atoms with Crippen LogP contribution in [0.2, 0.25) is 0 Å². The van der Waals surface area contributed by atoms with Gasteiger partial charge in [0.2, 0.25) is 5.89 Å². The first kappa shape index (κ1) is 38.0. The van der Waals surface area contributed by atoms with Gasteiger partial charge in [0.25, 0.3) is 0 Å². The Labute approximate surface area is 347 Å². The molecule has 0 aliphatic carbocycles. The maximum absolute atomic E-state index is 11.1. The molecule has 5 nitrogen and oxygen atoms in total. The normalized spacial score (nSPS) is 12.0. The van der Waals surface area contributed by atoms with E-state index in [9.17, 15) is 5.11 Å². The molecule has 0 aliphatic heterocycles. The summed E-state index contributed by atoms with van der Waals surface area (Å²) in [6, 6.07) is 47.4. The van der Waals surface area contributed by atoms with Gasteiger partial charge in [-0.2, -0.15) is 0 Å². The van der Waals surface area contributed by atoms with Crippen molar-refractivity contribution in [1.82, 2.24) is 15.0 Å². The van der Waals surface area contributed by atoms with E-state index in [2.05, 4.69) is 133 Å². The van der Waals surface area contributed by atoms with Gasteiger partial charge in [-0.3, -0.25) is 9.97 Å². The smallest absolute Gasteiger partial charge is 0.230 e. The van der Waals surface area contributed by atoms with Crippen LogP contribution >= 0.6 is 0 Å². The number of rotatable bonds is 5. The maximum atomic E-state index is 11.1. The van der Waals surface area contributed by atoms with Crippen LogP contribution in [-0.2, 0) is 31.9 Å². The summed E-state index contributed by atoms with van der Waals surface area (Å²) in [4.78, 5) is 14.8. The second kappa shape index (κ2) is 14.6. The zero-order valence-corrected chi connectivity index (χ0v) is 35.1. The first-order valence-electron chi connectivity index (χ1n) is 19.1. The van der Waals surface area contributed by atoms with Gasteiger partial charge in [0.05, 0.1) is 16.8 Å². The standard InChI is InChI=1S/C51H42N3O2.Pt/c1-50(2,3)35-20-21-45(55)43(28-35)49-54-48-40(26-34(27-46(48)56-49)38-18-12-14-31-13-7-8-17-37(31)38)32-15-11-16-33(25-32)41-29-36(51(4,5)6)30-42-39(22-24-53-47(41)42)44-19-9-10-23-52-44;/h7-24,26-30,55H,1-6H3;/q-1;. The van der Waals surface area contributed by atoms with Gasteiger partial charge in [-0.05, 0) is 86.3 Å². The number of fused-ring (bicyclic) bond motifs is 3. The van der Waals surface area contributed by atoms with Crippen molar-refractivity contribution in [3.63, 3.8) is 0 Å². The van der Waals surface area contributed by atoms with E-state index in [1.165, 1.54) is 5.56 Å². The van der Waals surface area contributed by atoms with Crippen molar-refractivity contribution in [2.45, 2.75) is 52.4 Å². The van der Waals surface area contributed by atoms with Gasteiger partial charge in [0, 0.05) is 49.9 Å². The van der Waals surface area contributed by atoms with Crippen molar-refractivity contribution in [1.29, 1.82) is 0 Å². The number of phenolic OH excluding ortho intramolecular Hbond substituents is 1. The van der Waals surface area contributed by atoms with Crippen LogP contribution in [-0.4, -0.2) is 20.1 Å². The van der Waals surface area contributed by atoms with E-state index < -0.39 is 0 Å². The Morgan fingerprint density at radius 3 is 2.00 bits per heavy atom. The van der Waals surface area contributed by atoms with Gasteiger partial charge in [0.1, 0.15) is 11.3 Å². The topological polar surface area (TPSA) is 72.0 Å². The average Bonchev–Trinajstić information content (AvgIpc) is 3.63. The molecule has 0 saturated heterocycles. The van der Waals surface area contributed by atoms with Crippen molar-refractivity contribution in [2.24, 2.45) is 0 Å². The van der Waals surface area contributed by atoms with Crippen molar-refractivity contribution in [3.8, 4) is 61.8 Å². The molecule has 3 heterocycles. The fourth-order valence-electron chi connectivity index (χ4n) is 7.58. The predicted molar refractivity (Wildman–Crippen MR) is 230 cm³/mol. The van der Waals surface area contributed by atoms with Crippen LogP contribution in [0.5, 0.6) is 5.75 Å². The van der Waals surface area contributed by atoms with Crippen LogP contribution in [0.4, 0.5) is 0 Å². The second-order valence-corrected chi connectivity index (χ2v) is 16.6. The number of aromatic nitrogens is 3. The van der Waals surface area contributed by atoms with Gasteiger partial charge < -0.3 is 9.52 Å². The van der Waals surface area contributed by atoms with E-state index in [4.69, 9.17) is 19.4 Å². The number of hydrogen-bond donors (Lipinski definition) is 1. The number of benzene rings is 6. The summed E-state index contributed by atoms with van der Waals surface area (Å²) < 4.78 is 6.62. The van der Waals surface area contributed by atoms with Gasteiger partial charge in [-0.1, -0.05) is 119 Å². The molecule has 0 unspecified atom stereocenters. The molecule has 9 aromatic rings. The number of phenols is 1. The first-order valence-corrected chi connectivity index (χ1v) is 19.1. The Kier molecular flexibility index (Phi) is 9.70. The minimum Gasteiger partial charge on any atom is -0.507 e. The van der Waals surface area contributed by atoms with Gasteiger partial charge in [-0.15, -0.1) is 35.4 Å². The fourth-order valence-corrected chi connectivity index (χ4v) is 7.58. The molecule has 0 amide bonds. The van der Waals surface area contributed by atoms with Crippen LogP contribution in [0.15, 0.2) is 144 Å². The molecule has 0 fully saturated rings. The average molecular weight is 924 g/mol. The summed E-state index contributed by atoms with van der Waals surface area (Å²) in [6.45, 7) is 13.2. The molecule has 9 rings (SSSR count). The fraction of sp³-hybridized carbons (Fsp3) is 0.157. The zero-order chi connectivity index (χ0) is 38.8. The van der Waals surface area contributed by atoms with E-state index in [0.29, 0.717) is 22.6 Å². The number of pyridine rings is 2. The van der Waals surface area contributed by atoms with E-state index in [1.807, 2.05) is 48.8 Å². The van der Waals surface area contributed by atoms with Crippen molar-refractivity contribution < 1.29 is 30.6 Å². The molecule has 0 spiro atoms. The monoisotopic (exact) mass is 923 g/mol. The molecular weight excluding hydrogens is 882 g/mol. The van der Waals surface area contributed by atoms with Crippen LogP contribution < -0.4 is 0 Å². The van der Waals surface area contributed by atoms with Crippen molar-refractivity contribution in [3.05, 3.63) is 157 Å². The molecule has 0 saturated carbocycles. The second-order valence-electron chi connectivity index (χ2n) is 16.6. The largest absolute Gasteiger partial charge is 0.507 e. The van der Waals surface area contributed by atoms with Crippen molar-refractivity contribution in [2.75, 3.05) is 0 Å². The van der Waals surface area contributed by atoms with Crippen LogP contribution in [0.25, 0.3) is 88.9 Å². The number of hydrogen-bond acceptors (Lipinski definition) is 5. The minimum absolute atomic E-state index is 0.